The quantitative estimate of drug-likeness (QED) is 0.798. The predicted molar refractivity (Wildman–Crippen MR) is 73.4 cm³/mol. The fraction of sp³-hybridized carbons (Fsp3) is 0.462. The summed E-state index contributed by atoms with van der Waals surface area (Å²) in [6, 6.07) is 5.57. The Morgan fingerprint density at radius 3 is 2.59 bits per heavy atom. The van der Waals surface area contributed by atoms with E-state index < -0.39 is 0 Å². The zero-order chi connectivity index (χ0) is 11.9. The maximum atomic E-state index is 11.9. The van der Waals surface area contributed by atoms with Crippen LogP contribution in [-0.2, 0) is 4.79 Å². The predicted octanol–water partition coefficient (Wildman–Crippen LogP) is 2.98. The molecule has 1 aromatic rings. The average molecular weight is 255 g/mol. The number of amides is 1. The minimum Gasteiger partial charge on any atom is -0.399 e. The lowest BCUT2D eigenvalue weighted by molar-refractivity contribution is -0.118. The van der Waals surface area contributed by atoms with Crippen LogP contribution in [0.15, 0.2) is 18.2 Å². The van der Waals surface area contributed by atoms with Crippen molar-refractivity contribution in [3.63, 3.8) is 0 Å². The van der Waals surface area contributed by atoms with Crippen molar-refractivity contribution in [2.24, 2.45) is 11.3 Å². The van der Waals surface area contributed by atoms with E-state index in [0.29, 0.717) is 5.69 Å². The molecule has 3 N–H and O–H groups in total. The molecule has 3 nitrogen and oxygen atoms in total. The largest absolute Gasteiger partial charge is 0.399 e. The molecule has 2 rings (SSSR count). The van der Waals surface area contributed by atoms with Gasteiger partial charge in [0.05, 0.1) is 0 Å². The topological polar surface area (TPSA) is 55.1 Å². The second-order valence-electron chi connectivity index (χ2n) is 5.31. The van der Waals surface area contributed by atoms with Gasteiger partial charge in [-0.3, -0.25) is 4.79 Å². The molecular formula is C13H19ClN2O. The highest BCUT2D eigenvalue weighted by Crippen LogP contribution is 2.52. The summed E-state index contributed by atoms with van der Waals surface area (Å²) >= 11 is 0. The summed E-state index contributed by atoms with van der Waals surface area (Å²) in [7, 11) is 0. The number of hydrogen-bond donors (Lipinski definition) is 2. The van der Waals surface area contributed by atoms with Gasteiger partial charge in [0.25, 0.3) is 0 Å². The molecule has 0 aromatic heterocycles. The zero-order valence-corrected chi connectivity index (χ0v) is 11.2. The first-order chi connectivity index (χ1) is 7.40. The van der Waals surface area contributed by atoms with E-state index in [9.17, 15) is 4.79 Å². The van der Waals surface area contributed by atoms with E-state index in [1.165, 1.54) is 0 Å². The SMILES string of the molecule is Cc1ccc(N)cc1NC(=O)C1CC1(C)C.Cl. The normalized spacial score (nSPS) is 20.3. The van der Waals surface area contributed by atoms with Crippen LogP contribution in [0.3, 0.4) is 0 Å². The number of carbonyl (C=O) groups is 1. The molecule has 1 aromatic carbocycles. The van der Waals surface area contributed by atoms with Crippen LogP contribution >= 0.6 is 12.4 Å². The Labute approximate surface area is 108 Å². The number of hydrogen-bond acceptors (Lipinski definition) is 2. The Morgan fingerprint density at radius 2 is 2.06 bits per heavy atom. The van der Waals surface area contributed by atoms with Crippen LogP contribution in [-0.4, -0.2) is 5.91 Å². The summed E-state index contributed by atoms with van der Waals surface area (Å²) in [5, 5.41) is 2.95. The number of nitrogen functional groups attached to an aromatic ring is 1. The molecule has 94 valence electrons. The van der Waals surface area contributed by atoms with Crippen molar-refractivity contribution in [2.45, 2.75) is 27.2 Å². The van der Waals surface area contributed by atoms with E-state index in [2.05, 4.69) is 19.2 Å². The Bertz CT molecular complexity index is 443. The fourth-order valence-electron chi connectivity index (χ4n) is 1.91. The lowest BCUT2D eigenvalue weighted by Gasteiger charge is -2.10. The first kappa shape index (κ1) is 13.8. The van der Waals surface area contributed by atoms with Gasteiger partial charge in [0.2, 0.25) is 5.91 Å². The highest BCUT2D eigenvalue weighted by atomic mass is 35.5. The molecule has 1 saturated carbocycles. The van der Waals surface area contributed by atoms with Gasteiger partial charge in [-0.25, -0.2) is 0 Å². The number of aryl methyl sites for hydroxylation is 1. The van der Waals surface area contributed by atoms with Gasteiger partial charge in [-0.1, -0.05) is 19.9 Å². The van der Waals surface area contributed by atoms with Crippen molar-refractivity contribution in [3.05, 3.63) is 23.8 Å². The second-order valence-corrected chi connectivity index (χ2v) is 5.31. The molecule has 1 aliphatic rings. The van der Waals surface area contributed by atoms with E-state index in [-0.39, 0.29) is 29.6 Å². The van der Waals surface area contributed by atoms with Crippen LogP contribution in [0.5, 0.6) is 0 Å². The molecule has 1 aliphatic carbocycles. The highest BCUT2D eigenvalue weighted by Gasteiger charge is 2.50. The van der Waals surface area contributed by atoms with Gasteiger partial charge in [0, 0.05) is 17.3 Å². The van der Waals surface area contributed by atoms with Crippen molar-refractivity contribution >= 4 is 29.7 Å². The summed E-state index contributed by atoms with van der Waals surface area (Å²) < 4.78 is 0. The Kier molecular flexibility index (Phi) is 3.72. The molecule has 1 unspecified atom stereocenters. The number of rotatable bonds is 2. The van der Waals surface area contributed by atoms with E-state index in [0.717, 1.165) is 17.7 Å². The van der Waals surface area contributed by atoms with Crippen LogP contribution in [0.25, 0.3) is 0 Å². The molecule has 1 fully saturated rings. The molecule has 0 bridgehead atoms. The van der Waals surface area contributed by atoms with Gasteiger partial charge in [0.1, 0.15) is 0 Å². The van der Waals surface area contributed by atoms with E-state index >= 15 is 0 Å². The Morgan fingerprint density at radius 1 is 1.47 bits per heavy atom. The third-order valence-electron chi connectivity index (χ3n) is 3.35. The molecule has 0 saturated heterocycles. The smallest absolute Gasteiger partial charge is 0.228 e. The summed E-state index contributed by atoms with van der Waals surface area (Å²) in [5.41, 5.74) is 8.41. The first-order valence-corrected chi connectivity index (χ1v) is 5.57. The van der Waals surface area contributed by atoms with Crippen molar-refractivity contribution in [3.8, 4) is 0 Å². The molecule has 0 radical (unpaired) electrons. The van der Waals surface area contributed by atoms with Gasteiger partial charge in [0.15, 0.2) is 0 Å². The summed E-state index contributed by atoms with van der Waals surface area (Å²) in [5.74, 6) is 0.257. The third-order valence-corrected chi connectivity index (χ3v) is 3.35. The number of benzene rings is 1. The second kappa shape index (κ2) is 4.57. The summed E-state index contributed by atoms with van der Waals surface area (Å²) in [4.78, 5) is 11.9. The standard InChI is InChI=1S/C13H18N2O.ClH/c1-8-4-5-9(14)6-11(8)15-12(16)10-7-13(10,2)3;/h4-6,10H,7,14H2,1-3H3,(H,15,16);1H. The van der Waals surface area contributed by atoms with Gasteiger partial charge < -0.3 is 11.1 Å². The van der Waals surface area contributed by atoms with Gasteiger partial charge >= 0.3 is 0 Å². The van der Waals surface area contributed by atoms with E-state index in [1.54, 1.807) is 0 Å². The third kappa shape index (κ3) is 2.91. The molecule has 0 spiro atoms. The van der Waals surface area contributed by atoms with Crippen molar-refractivity contribution in [1.29, 1.82) is 0 Å². The van der Waals surface area contributed by atoms with Gasteiger partial charge in [-0.2, -0.15) is 0 Å². The maximum absolute atomic E-state index is 11.9. The Balaban J connectivity index is 0.00000144. The van der Waals surface area contributed by atoms with Gasteiger partial charge in [-0.05, 0) is 36.5 Å². The minimum atomic E-state index is 0. The Hall–Kier alpha value is -1.22. The molecule has 1 amide bonds. The number of carbonyl (C=O) groups excluding carboxylic acids is 1. The number of halogens is 1. The zero-order valence-electron chi connectivity index (χ0n) is 10.4. The first-order valence-electron chi connectivity index (χ1n) is 5.57. The van der Waals surface area contributed by atoms with Crippen LogP contribution in [0.4, 0.5) is 11.4 Å². The molecule has 0 aliphatic heterocycles. The fourth-order valence-corrected chi connectivity index (χ4v) is 1.91. The van der Waals surface area contributed by atoms with E-state index in [4.69, 9.17) is 5.73 Å². The van der Waals surface area contributed by atoms with Crippen LogP contribution in [0.2, 0.25) is 0 Å². The highest BCUT2D eigenvalue weighted by molar-refractivity contribution is 5.96. The summed E-state index contributed by atoms with van der Waals surface area (Å²) in [6.45, 7) is 6.19. The minimum absolute atomic E-state index is 0. The molecule has 17 heavy (non-hydrogen) atoms. The lowest BCUT2D eigenvalue weighted by Crippen LogP contribution is -2.17. The molecular weight excluding hydrogens is 236 g/mol. The van der Waals surface area contributed by atoms with Gasteiger partial charge in [-0.15, -0.1) is 12.4 Å². The van der Waals surface area contributed by atoms with Crippen molar-refractivity contribution in [2.75, 3.05) is 11.1 Å². The van der Waals surface area contributed by atoms with Crippen LogP contribution < -0.4 is 11.1 Å². The molecule has 0 heterocycles. The maximum Gasteiger partial charge on any atom is 0.228 e. The van der Waals surface area contributed by atoms with Crippen molar-refractivity contribution < 1.29 is 4.79 Å². The lowest BCUT2D eigenvalue weighted by atomic mass is 10.1. The number of nitrogens with one attached hydrogen (secondary N) is 1. The average Bonchev–Trinajstić information content (AvgIpc) is 2.82. The number of nitrogens with two attached hydrogens (primary N) is 1. The molecule has 1 atom stereocenters. The van der Waals surface area contributed by atoms with Crippen LogP contribution in [0, 0.1) is 18.3 Å². The van der Waals surface area contributed by atoms with E-state index in [1.807, 2.05) is 25.1 Å². The summed E-state index contributed by atoms with van der Waals surface area (Å²) in [6.07, 6.45) is 0.972. The van der Waals surface area contributed by atoms with Crippen molar-refractivity contribution in [1.82, 2.24) is 0 Å². The van der Waals surface area contributed by atoms with Crippen LogP contribution in [0.1, 0.15) is 25.8 Å². The number of anilines is 2. The monoisotopic (exact) mass is 254 g/mol. The molecule has 4 heteroatoms.